The van der Waals surface area contributed by atoms with E-state index in [0.717, 1.165) is 16.2 Å². The standard InChI is InChI=1S/C22H18O3/c1-13(22(24)25-2)12-19(23)17-10-8-16-7-6-14-4-3-5-15-9-11-18(17)21(16)20(14)15/h3-11,13H,12H2,1-2H3/t13-/m1/s1. The molecule has 0 unspecified atom stereocenters. The van der Waals surface area contributed by atoms with Gasteiger partial charge in [-0.15, -0.1) is 0 Å². The molecule has 4 aromatic rings. The van der Waals surface area contributed by atoms with E-state index in [9.17, 15) is 9.59 Å². The van der Waals surface area contributed by atoms with Gasteiger partial charge in [0.2, 0.25) is 0 Å². The summed E-state index contributed by atoms with van der Waals surface area (Å²) in [5.74, 6) is -0.835. The average molecular weight is 330 g/mol. The Morgan fingerprint density at radius 3 is 2.16 bits per heavy atom. The number of carbonyl (C=O) groups excluding carboxylic acids is 2. The van der Waals surface area contributed by atoms with E-state index < -0.39 is 5.92 Å². The van der Waals surface area contributed by atoms with Crippen LogP contribution in [0.5, 0.6) is 0 Å². The van der Waals surface area contributed by atoms with Gasteiger partial charge in [0, 0.05) is 12.0 Å². The van der Waals surface area contributed by atoms with E-state index in [1.807, 2.05) is 24.3 Å². The third-order valence-electron chi connectivity index (χ3n) is 4.92. The summed E-state index contributed by atoms with van der Waals surface area (Å²) in [4.78, 5) is 24.5. The second kappa shape index (κ2) is 5.85. The quantitative estimate of drug-likeness (QED) is 0.301. The van der Waals surface area contributed by atoms with Crippen LogP contribution in [0.25, 0.3) is 32.3 Å². The van der Waals surface area contributed by atoms with E-state index in [0.29, 0.717) is 5.56 Å². The molecule has 0 aliphatic heterocycles. The second-order valence-electron chi connectivity index (χ2n) is 6.52. The van der Waals surface area contributed by atoms with Crippen LogP contribution in [0.3, 0.4) is 0 Å². The Kier molecular flexibility index (Phi) is 3.65. The second-order valence-corrected chi connectivity index (χ2v) is 6.52. The normalized spacial score (nSPS) is 12.7. The van der Waals surface area contributed by atoms with Crippen LogP contribution in [0.15, 0.2) is 54.6 Å². The fraction of sp³-hybridized carbons (Fsp3) is 0.182. The molecule has 0 radical (unpaired) electrons. The van der Waals surface area contributed by atoms with Crippen molar-refractivity contribution in [2.75, 3.05) is 7.11 Å². The monoisotopic (exact) mass is 330 g/mol. The molecular formula is C22H18O3. The van der Waals surface area contributed by atoms with Crippen LogP contribution in [0, 0.1) is 5.92 Å². The average Bonchev–Trinajstić information content (AvgIpc) is 2.65. The number of benzene rings is 4. The SMILES string of the molecule is COC(=O)[C@H](C)CC(=O)c1ccc2ccc3cccc4ccc1c2c34. The lowest BCUT2D eigenvalue weighted by Gasteiger charge is -2.14. The summed E-state index contributed by atoms with van der Waals surface area (Å²) in [6.45, 7) is 1.72. The molecule has 0 saturated heterocycles. The van der Waals surface area contributed by atoms with E-state index >= 15 is 0 Å². The molecule has 0 amide bonds. The summed E-state index contributed by atoms with van der Waals surface area (Å²) < 4.78 is 4.74. The molecule has 0 aromatic heterocycles. The first-order valence-electron chi connectivity index (χ1n) is 8.37. The number of hydrogen-bond donors (Lipinski definition) is 0. The third kappa shape index (κ3) is 2.43. The molecule has 0 fully saturated rings. The van der Waals surface area contributed by atoms with Crippen LogP contribution < -0.4 is 0 Å². The van der Waals surface area contributed by atoms with Gasteiger partial charge in [0.15, 0.2) is 5.78 Å². The van der Waals surface area contributed by atoms with E-state index in [-0.39, 0.29) is 18.2 Å². The highest BCUT2D eigenvalue weighted by Gasteiger charge is 2.21. The highest BCUT2D eigenvalue weighted by molar-refractivity contribution is 6.26. The molecule has 3 heteroatoms. The van der Waals surface area contributed by atoms with E-state index in [1.54, 1.807) is 6.92 Å². The third-order valence-corrected chi connectivity index (χ3v) is 4.92. The van der Waals surface area contributed by atoms with Gasteiger partial charge in [-0.05, 0) is 32.3 Å². The molecule has 0 aliphatic carbocycles. The van der Waals surface area contributed by atoms with Crippen LogP contribution in [0.4, 0.5) is 0 Å². The Morgan fingerprint density at radius 1 is 0.880 bits per heavy atom. The van der Waals surface area contributed by atoms with Gasteiger partial charge < -0.3 is 4.74 Å². The molecule has 0 spiro atoms. The number of Topliss-reactive ketones (excluding diaryl/α,β-unsaturated/α-hetero) is 1. The minimum absolute atomic E-state index is 0.0316. The lowest BCUT2D eigenvalue weighted by atomic mass is 9.89. The van der Waals surface area contributed by atoms with Gasteiger partial charge >= 0.3 is 5.97 Å². The summed E-state index contributed by atoms with van der Waals surface area (Å²) in [6.07, 6.45) is 0.149. The molecule has 4 aromatic carbocycles. The maximum Gasteiger partial charge on any atom is 0.308 e. The van der Waals surface area contributed by atoms with Crippen molar-refractivity contribution in [3.63, 3.8) is 0 Å². The summed E-state index contributed by atoms with van der Waals surface area (Å²) in [5, 5.41) is 6.72. The number of ether oxygens (including phenoxy) is 1. The van der Waals surface area contributed by atoms with Crippen LogP contribution in [-0.4, -0.2) is 18.9 Å². The zero-order valence-electron chi connectivity index (χ0n) is 14.2. The predicted molar refractivity (Wildman–Crippen MR) is 100 cm³/mol. The highest BCUT2D eigenvalue weighted by atomic mass is 16.5. The van der Waals surface area contributed by atoms with Crippen molar-refractivity contribution < 1.29 is 14.3 Å². The summed E-state index contributed by atoms with van der Waals surface area (Å²) in [6, 6.07) is 18.4. The number of hydrogen-bond acceptors (Lipinski definition) is 3. The molecule has 0 aliphatic rings. The van der Waals surface area contributed by atoms with E-state index in [2.05, 4.69) is 30.3 Å². The molecule has 1 atom stereocenters. The maximum absolute atomic E-state index is 12.8. The fourth-order valence-electron chi connectivity index (χ4n) is 3.65. The molecule has 3 nitrogen and oxygen atoms in total. The number of esters is 1. The lowest BCUT2D eigenvalue weighted by molar-refractivity contribution is -0.144. The molecule has 4 rings (SSSR count). The fourth-order valence-corrected chi connectivity index (χ4v) is 3.65. The van der Waals surface area contributed by atoms with Gasteiger partial charge in [0.25, 0.3) is 0 Å². The molecule has 0 heterocycles. The van der Waals surface area contributed by atoms with Gasteiger partial charge in [0.05, 0.1) is 13.0 Å². The number of ketones is 1. The zero-order valence-corrected chi connectivity index (χ0v) is 14.2. The van der Waals surface area contributed by atoms with Crippen molar-refractivity contribution >= 4 is 44.1 Å². The molecule has 0 N–H and O–H groups in total. The number of rotatable bonds is 4. The Morgan fingerprint density at radius 2 is 1.48 bits per heavy atom. The van der Waals surface area contributed by atoms with Crippen molar-refractivity contribution in [1.29, 1.82) is 0 Å². The minimum Gasteiger partial charge on any atom is -0.469 e. The first-order chi connectivity index (χ1) is 12.1. The number of carbonyl (C=O) groups is 2. The minimum atomic E-state index is -0.448. The van der Waals surface area contributed by atoms with E-state index in [4.69, 9.17) is 4.74 Å². The molecule has 25 heavy (non-hydrogen) atoms. The van der Waals surface area contributed by atoms with Crippen LogP contribution in [0.2, 0.25) is 0 Å². The van der Waals surface area contributed by atoms with Gasteiger partial charge in [-0.1, -0.05) is 61.5 Å². The van der Waals surface area contributed by atoms with Crippen LogP contribution in [0.1, 0.15) is 23.7 Å². The van der Waals surface area contributed by atoms with Gasteiger partial charge in [-0.2, -0.15) is 0 Å². The first-order valence-corrected chi connectivity index (χ1v) is 8.37. The molecule has 0 saturated carbocycles. The Hall–Kier alpha value is -2.94. The lowest BCUT2D eigenvalue weighted by Crippen LogP contribution is -2.17. The highest BCUT2D eigenvalue weighted by Crippen LogP contribution is 2.36. The Labute approximate surface area is 145 Å². The first kappa shape index (κ1) is 15.6. The van der Waals surface area contributed by atoms with Crippen LogP contribution in [-0.2, 0) is 9.53 Å². The van der Waals surface area contributed by atoms with Crippen molar-refractivity contribution in [3.8, 4) is 0 Å². The summed E-state index contributed by atoms with van der Waals surface area (Å²) in [5.41, 5.74) is 0.668. The largest absolute Gasteiger partial charge is 0.469 e. The van der Waals surface area contributed by atoms with E-state index in [1.165, 1.54) is 23.3 Å². The van der Waals surface area contributed by atoms with Gasteiger partial charge in [0.1, 0.15) is 0 Å². The molecule has 0 bridgehead atoms. The summed E-state index contributed by atoms with van der Waals surface area (Å²) >= 11 is 0. The maximum atomic E-state index is 12.8. The smallest absolute Gasteiger partial charge is 0.308 e. The van der Waals surface area contributed by atoms with Crippen molar-refractivity contribution in [2.45, 2.75) is 13.3 Å². The van der Waals surface area contributed by atoms with Crippen molar-refractivity contribution in [1.82, 2.24) is 0 Å². The topological polar surface area (TPSA) is 43.4 Å². The van der Waals surface area contributed by atoms with Gasteiger partial charge in [-0.3, -0.25) is 9.59 Å². The predicted octanol–water partition coefficient (Wildman–Crippen LogP) is 4.97. The summed E-state index contributed by atoms with van der Waals surface area (Å²) in [7, 11) is 1.35. The van der Waals surface area contributed by atoms with Crippen molar-refractivity contribution in [2.24, 2.45) is 5.92 Å². The number of methoxy groups -OCH3 is 1. The molecule has 124 valence electrons. The van der Waals surface area contributed by atoms with Crippen LogP contribution >= 0.6 is 0 Å². The Bertz CT molecular complexity index is 1090. The molecular weight excluding hydrogens is 312 g/mol. The van der Waals surface area contributed by atoms with Gasteiger partial charge in [-0.25, -0.2) is 0 Å². The van der Waals surface area contributed by atoms with Crippen molar-refractivity contribution in [3.05, 3.63) is 60.2 Å². The zero-order chi connectivity index (χ0) is 17.6. The Balaban J connectivity index is 1.90.